The van der Waals surface area contributed by atoms with Gasteiger partial charge in [-0.25, -0.2) is 9.59 Å². The molecule has 0 radical (unpaired) electrons. The number of fused-ring (bicyclic) bond motifs is 1. The van der Waals surface area contributed by atoms with Gasteiger partial charge < -0.3 is 9.47 Å². The number of hydrogen-bond donors (Lipinski definition) is 0. The summed E-state index contributed by atoms with van der Waals surface area (Å²) >= 11 is 0. The van der Waals surface area contributed by atoms with Crippen LogP contribution in [0.4, 0.5) is 0 Å². The highest BCUT2D eigenvalue weighted by Gasteiger charge is 2.16. The predicted octanol–water partition coefficient (Wildman–Crippen LogP) is 3.40. The molecule has 0 spiro atoms. The van der Waals surface area contributed by atoms with Crippen molar-refractivity contribution in [1.82, 2.24) is 15.0 Å². The molecule has 144 valence electrons. The third kappa shape index (κ3) is 4.62. The molecule has 7 heteroatoms. The Balaban J connectivity index is 1.67. The summed E-state index contributed by atoms with van der Waals surface area (Å²) in [6, 6.07) is 12.9. The van der Waals surface area contributed by atoms with Crippen LogP contribution in [-0.2, 0) is 14.3 Å². The van der Waals surface area contributed by atoms with Crippen molar-refractivity contribution in [3.63, 3.8) is 0 Å². The molecule has 1 aromatic heterocycles. The predicted molar refractivity (Wildman–Crippen MR) is 104 cm³/mol. The summed E-state index contributed by atoms with van der Waals surface area (Å²) in [5, 5.41) is 8.91. The third-order valence-corrected chi connectivity index (χ3v) is 4.06. The van der Waals surface area contributed by atoms with Gasteiger partial charge in [-0.1, -0.05) is 24.8 Å². The first-order valence-corrected chi connectivity index (χ1v) is 8.98. The van der Waals surface area contributed by atoms with E-state index in [4.69, 9.17) is 9.47 Å². The zero-order valence-corrected chi connectivity index (χ0v) is 15.6. The van der Waals surface area contributed by atoms with Crippen LogP contribution in [0.1, 0.15) is 28.8 Å². The molecule has 2 aromatic carbocycles. The number of esters is 2. The molecule has 0 aliphatic carbocycles. The number of benzene rings is 2. The van der Waals surface area contributed by atoms with E-state index in [9.17, 15) is 9.59 Å². The van der Waals surface area contributed by atoms with Gasteiger partial charge >= 0.3 is 11.9 Å². The fraction of sp³-hybridized carbons (Fsp3) is 0.238. The van der Waals surface area contributed by atoms with Crippen LogP contribution < -0.4 is 0 Å². The highest BCUT2D eigenvalue weighted by molar-refractivity contribution is 5.93. The van der Waals surface area contributed by atoms with E-state index in [-0.39, 0.29) is 13.2 Å². The molecule has 0 aliphatic rings. The van der Waals surface area contributed by atoms with E-state index in [2.05, 4.69) is 16.8 Å². The quantitative estimate of drug-likeness (QED) is 0.339. The summed E-state index contributed by atoms with van der Waals surface area (Å²) in [5.74, 6) is -0.903. The topological polar surface area (TPSA) is 83.3 Å². The Hall–Kier alpha value is -3.48. The van der Waals surface area contributed by atoms with Crippen molar-refractivity contribution < 1.29 is 19.1 Å². The molecule has 0 saturated carbocycles. The van der Waals surface area contributed by atoms with Crippen molar-refractivity contribution in [2.45, 2.75) is 19.8 Å². The molecule has 28 heavy (non-hydrogen) atoms. The summed E-state index contributed by atoms with van der Waals surface area (Å²) < 4.78 is 10.3. The summed E-state index contributed by atoms with van der Waals surface area (Å²) in [6.45, 7) is 5.76. The molecule has 0 saturated heterocycles. The number of carbonyl (C=O) groups excluding carboxylic acids is 2. The molecule has 7 nitrogen and oxygen atoms in total. The van der Waals surface area contributed by atoms with Gasteiger partial charge in [-0.05, 0) is 49.6 Å². The van der Waals surface area contributed by atoms with Crippen molar-refractivity contribution in [2.24, 2.45) is 0 Å². The van der Waals surface area contributed by atoms with Crippen molar-refractivity contribution >= 4 is 23.0 Å². The second kappa shape index (κ2) is 8.94. The van der Waals surface area contributed by atoms with Crippen LogP contribution >= 0.6 is 0 Å². The second-order valence-electron chi connectivity index (χ2n) is 6.21. The first-order chi connectivity index (χ1) is 13.6. The van der Waals surface area contributed by atoms with E-state index < -0.39 is 11.9 Å². The Labute approximate surface area is 162 Å². The molecular formula is C21H21N3O4. The van der Waals surface area contributed by atoms with Crippen molar-refractivity contribution in [2.75, 3.05) is 13.2 Å². The average molecular weight is 379 g/mol. The second-order valence-corrected chi connectivity index (χ2v) is 6.21. The Kier molecular flexibility index (Phi) is 6.16. The molecule has 0 amide bonds. The van der Waals surface area contributed by atoms with E-state index >= 15 is 0 Å². The van der Waals surface area contributed by atoms with Gasteiger partial charge in [0.15, 0.2) is 0 Å². The Morgan fingerprint density at radius 1 is 1.04 bits per heavy atom. The highest BCUT2D eigenvalue weighted by atomic mass is 16.5. The van der Waals surface area contributed by atoms with Crippen LogP contribution in [0.2, 0.25) is 0 Å². The minimum atomic E-state index is -0.458. The van der Waals surface area contributed by atoms with Crippen LogP contribution in [0.5, 0.6) is 0 Å². The van der Waals surface area contributed by atoms with Gasteiger partial charge in [-0.2, -0.15) is 0 Å². The minimum absolute atomic E-state index is 0.228. The molecule has 0 fully saturated rings. The highest BCUT2D eigenvalue weighted by Crippen LogP contribution is 2.19. The van der Waals surface area contributed by atoms with Gasteiger partial charge in [0.1, 0.15) is 16.7 Å². The number of carbonyl (C=O) groups is 2. The van der Waals surface area contributed by atoms with Crippen molar-refractivity contribution in [3.05, 3.63) is 66.2 Å². The fourth-order valence-electron chi connectivity index (χ4n) is 2.63. The maximum Gasteiger partial charge on any atom is 0.340 e. The number of nitrogens with zero attached hydrogens (tertiary/aromatic N) is 3. The lowest BCUT2D eigenvalue weighted by Crippen LogP contribution is -2.13. The molecule has 0 unspecified atom stereocenters. The van der Waals surface area contributed by atoms with Crippen LogP contribution in [0.25, 0.3) is 16.7 Å². The zero-order valence-electron chi connectivity index (χ0n) is 15.6. The number of aromatic nitrogens is 3. The van der Waals surface area contributed by atoms with Gasteiger partial charge in [0, 0.05) is 6.08 Å². The van der Waals surface area contributed by atoms with Crippen molar-refractivity contribution in [1.29, 1.82) is 0 Å². The normalized spacial score (nSPS) is 10.6. The lowest BCUT2D eigenvalue weighted by atomic mass is 10.1. The van der Waals surface area contributed by atoms with Gasteiger partial charge in [-0.15, -0.1) is 15.0 Å². The summed E-state index contributed by atoms with van der Waals surface area (Å²) in [4.78, 5) is 25.0. The summed E-state index contributed by atoms with van der Waals surface area (Å²) in [6.07, 6.45) is 2.30. The molecule has 3 rings (SSSR count). The number of ether oxygens (including phenoxy) is 2. The van der Waals surface area contributed by atoms with Gasteiger partial charge in [0.25, 0.3) is 0 Å². The SMILES string of the molecule is C=CC(=O)OCCCCOC(=O)c1ccc(C)cc1-n1nc2ccccc2n1. The van der Waals surface area contributed by atoms with E-state index in [0.29, 0.717) is 24.1 Å². The van der Waals surface area contributed by atoms with E-state index in [0.717, 1.165) is 22.7 Å². The Morgan fingerprint density at radius 2 is 1.68 bits per heavy atom. The third-order valence-electron chi connectivity index (χ3n) is 4.06. The number of unbranched alkanes of at least 4 members (excludes halogenated alkanes) is 1. The largest absolute Gasteiger partial charge is 0.463 e. The summed E-state index contributed by atoms with van der Waals surface area (Å²) in [5.41, 5.74) is 3.44. The van der Waals surface area contributed by atoms with Gasteiger partial charge in [0.2, 0.25) is 0 Å². The molecule has 0 bridgehead atoms. The molecular weight excluding hydrogens is 358 g/mol. The molecule has 3 aromatic rings. The number of hydrogen-bond acceptors (Lipinski definition) is 6. The molecule has 0 aliphatic heterocycles. The monoisotopic (exact) mass is 379 g/mol. The number of rotatable bonds is 8. The van der Waals surface area contributed by atoms with E-state index in [1.165, 1.54) is 4.80 Å². The van der Waals surface area contributed by atoms with E-state index in [1.807, 2.05) is 43.3 Å². The standard InChI is InChI=1S/C21H21N3O4/c1-3-20(25)27-12-6-7-13-28-21(26)16-11-10-15(2)14-19(16)24-22-17-8-4-5-9-18(17)23-24/h3-5,8-11,14H,1,6-7,12-13H2,2H3. The molecule has 1 heterocycles. The van der Waals surface area contributed by atoms with Gasteiger partial charge in [-0.3, -0.25) is 0 Å². The summed E-state index contributed by atoms with van der Waals surface area (Å²) in [7, 11) is 0. The average Bonchev–Trinajstić information content (AvgIpc) is 3.14. The van der Waals surface area contributed by atoms with Crippen LogP contribution in [0.15, 0.2) is 55.1 Å². The van der Waals surface area contributed by atoms with E-state index in [1.54, 1.807) is 6.07 Å². The van der Waals surface area contributed by atoms with Crippen LogP contribution in [-0.4, -0.2) is 40.1 Å². The minimum Gasteiger partial charge on any atom is -0.463 e. The Morgan fingerprint density at radius 3 is 2.32 bits per heavy atom. The van der Waals surface area contributed by atoms with Crippen molar-refractivity contribution in [3.8, 4) is 5.69 Å². The zero-order chi connectivity index (χ0) is 19.9. The molecule has 0 atom stereocenters. The maximum absolute atomic E-state index is 12.6. The maximum atomic E-state index is 12.6. The number of aryl methyl sites for hydroxylation is 1. The van der Waals surface area contributed by atoms with Crippen LogP contribution in [0, 0.1) is 6.92 Å². The molecule has 0 N–H and O–H groups in total. The van der Waals surface area contributed by atoms with Gasteiger partial charge in [0.05, 0.1) is 18.8 Å². The smallest absolute Gasteiger partial charge is 0.340 e. The first-order valence-electron chi connectivity index (χ1n) is 8.98. The fourth-order valence-corrected chi connectivity index (χ4v) is 2.63. The lowest BCUT2D eigenvalue weighted by Gasteiger charge is -2.10. The lowest BCUT2D eigenvalue weighted by molar-refractivity contribution is -0.137. The van der Waals surface area contributed by atoms with Crippen LogP contribution in [0.3, 0.4) is 0 Å². The Bertz CT molecular complexity index is 977. The first kappa shape index (κ1) is 19.3.